The number of hydrogen-bond donors (Lipinski definition) is 2. The second kappa shape index (κ2) is 7.36. The maximum absolute atomic E-state index is 11.1. The highest BCUT2D eigenvalue weighted by atomic mass is 32.2. The molecule has 0 aliphatic carbocycles. The molecule has 0 bridgehead atoms. The summed E-state index contributed by atoms with van der Waals surface area (Å²) in [5.74, 6) is 0.113. The fourth-order valence-electron chi connectivity index (χ4n) is 1.87. The first-order valence-corrected chi connectivity index (χ1v) is 8.80. The van der Waals surface area contributed by atoms with E-state index in [1.807, 2.05) is 12.1 Å². The van der Waals surface area contributed by atoms with Crippen LogP contribution < -0.4 is 0 Å². The molecule has 1 unspecified atom stereocenters. The predicted octanol–water partition coefficient (Wildman–Crippen LogP) is 3.30. The van der Waals surface area contributed by atoms with Crippen molar-refractivity contribution < 1.29 is 13.2 Å². The van der Waals surface area contributed by atoms with Gasteiger partial charge in [-0.25, -0.2) is 8.42 Å². The van der Waals surface area contributed by atoms with Crippen molar-refractivity contribution in [1.82, 2.24) is 0 Å². The Balaban J connectivity index is 2.74. The lowest BCUT2D eigenvalue weighted by molar-refractivity contribution is 0.535. The maximum Gasteiger partial charge on any atom is 0.308 e. The average molecular weight is 310 g/mol. The van der Waals surface area contributed by atoms with Gasteiger partial charge in [0.05, 0.1) is 0 Å². The Labute approximate surface area is 126 Å². The van der Waals surface area contributed by atoms with Crippen LogP contribution in [0.15, 0.2) is 24.3 Å². The van der Waals surface area contributed by atoms with Gasteiger partial charge in [-0.2, -0.15) is 0 Å². The Hall–Kier alpha value is -1.69. The van der Waals surface area contributed by atoms with E-state index in [1.54, 1.807) is 12.1 Å². The van der Waals surface area contributed by atoms with Crippen LogP contribution in [0.3, 0.4) is 0 Å². The monoisotopic (exact) mass is 310 g/mol. The Morgan fingerprint density at radius 2 is 1.81 bits per heavy atom. The quantitative estimate of drug-likeness (QED) is 0.645. The minimum Gasteiger partial charge on any atom is -0.412 e. The van der Waals surface area contributed by atoms with Gasteiger partial charge in [-0.05, 0) is 30.0 Å². The molecule has 116 valence electrons. The number of sulfone groups is 1. The molecular weight excluding hydrogens is 288 g/mol. The molecule has 0 amide bonds. The first-order chi connectivity index (χ1) is 9.75. The molecule has 1 atom stereocenters. The average Bonchev–Trinajstić information content (AvgIpc) is 2.43. The van der Waals surface area contributed by atoms with Crippen LogP contribution in [0, 0.1) is 10.8 Å². The summed E-state index contributed by atoms with van der Waals surface area (Å²) >= 11 is 0. The van der Waals surface area contributed by atoms with E-state index >= 15 is 0 Å². The molecule has 0 aliphatic heterocycles. The number of rotatable bonds is 5. The molecular formula is C15H22N2O3S. The standard InChI is InChI=1S/C15H22N2O3S/c1-4-5-6-11(2)12-7-9-13(10-8-12)14(16)20-15(17)21(3,18)19/h7-11,16-17H,4-6H2,1-3H3. The smallest absolute Gasteiger partial charge is 0.308 e. The van der Waals surface area contributed by atoms with Gasteiger partial charge in [0, 0.05) is 11.8 Å². The van der Waals surface area contributed by atoms with Crippen LogP contribution >= 0.6 is 0 Å². The number of benzene rings is 1. The van der Waals surface area contributed by atoms with E-state index in [-0.39, 0.29) is 5.90 Å². The van der Waals surface area contributed by atoms with Crippen molar-refractivity contribution in [3.8, 4) is 0 Å². The Morgan fingerprint density at radius 3 is 2.29 bits per heavy atom. The Bertz CT molecular complexity index is 606. The summed E-state index contributed by atoms with van der Waals surface area (Å²) in [6, 6.07) is 7.26. The molecule has 0 radical (unpaired) electrons. The molecule has 5 nitrogen and oxygen atoms in total. The third-order valence-electron chi connectivity index (χ3n) is 3.26. The van der Waals surface area contributed by atoms with Gasteiger partial charge in [-0.1, -0.05) is 38.8 Å². The summed E-state index contributed by atoms with van der Waals surface area (Å²) in [7, 11) is -3.72. The van der Waals surface area contributed by atoms with Crippen molar-refractivity contribution in [2.75, 3.05) is 6.26 Å². The minimum absolute atomic E-state index is 0.335. The Kier molecular flexibility index (Phi) is 6.08. The topological polar surface area (TPSA) is 91.1 Å². The fraction of sp³-hybridized carbons (Fsp3) is 0.467. The molecule has 0 spiro atoms. The van der Waals surface area contributed by atoms with Crippen molar-refractivity contribution in [2.45, 2.75) is 39.0 Å². The van der Waals surface area contributed by atoms with Gasteiger partial charge in [0.1, 0.15) is 0 Å². The van der Waals surface area contributed by atoms with Gasteiger partial charge in [0.25, 0.3) is 0 Å². The maximum atomic E-state index is 11.1. The van der Waals surface area contributed by atoms with Crippen LogP contribution in [0.1, 0.15) is 50.2 Å². The lowest BCUT2D eigenvalue weighted by Crippen LogP contribution is -2.19. The SMILES string of the molecule is CCCCC(C)c1ccc(C(=N)OC(=N)S(C)(=O)=O)cc1. The number of unbranched alkanes of at least 4 members (excludes halogenated alkanes) is 1. The molecule has 0 aromatic heterocycles. The molecule has 1 aromatic carbocycles. The van der Waals surface area contributed by atoms with Gasteiger partial charge in [-0.3, -0.25) is 10.8 Å². The van der Waals surface area contributed by atoms with E-state index in [2.05, 4.69) is 13.8 Å². The second-order valence-corrected chi connectivity index (χ2v) is 7.07. The summed E-state index contributed by atoms with van der Waals surface area (Å²) < 4.78 is 26.9. The number of nitrogens with one attached hydrogen (secondary N) is 2. The molecule has 6 heteroatoms. The van der Waals surface area contributed by atoms with E-state index in [0.29, 0.717) is 11.5 Å². The lowest BCUT2D eigenvalue weighted by Gasteiger charge is -2.12. The van der Waals surface area contributed by atoms with E-state index in [9.17, 15) is 8.42 Å². The highest BCUT2D eigenvalue weighted by Gasteiger charge is 2.16. The predicted molar refractivity (Wildman–Crippen MR) is 84.9 cm³/mol. The molecule has 0 fully saturated rings. The zero-order chi connectivity index (χ0) is 16.0. The summed E-state index contributed by atoms with van der Waals surface area (Å²) in [5.41, 5.74) is 1.63. The van der Waals surface area contributed by atoms with Crippen LogP contribution in [-0.4, -0.2) is 25.8 Å². The summed E-state index contributed by atoms with van der Waals surface area (Å²) in [5, 5.41) is 14.0. The summed E-state index contributed by atoms with van der Waals surface area (Å²) in [4.78, 5) is 0. The van der Waals surface area contributed by atoms with Crippen molar-refractivity contribution >= 4 is 21.0 Å². The molecule has 0 aliphatic rings. The van der Waals surface area contributed by atoms with Gasteiger partial charge < -0.3 is 4.74 Å². The number of ether oxygens (including phenoxy) is 1. The third kappa shape index (κ3) is 5.30. The molecule has 2 N–H and O–H groups in total. The molecule has 1 rings (SSSR count). The largest absolute Gasteiger partial charge is 0.412 e. The van der Waals surface area contributed by atoms with Gasteiger partial charge in [-0.15, -0.1) is 0 Å². The molecule has 0 saturated carbocycles. The van der Waals surface area contributed by atoms with Gasteiger partial charge in [0.2, 0.25) is 15.7 Å². The first kappa shape index (κ1) is 17.4. The Morgan fingerprint density at radius 1 is 1.24 bits per heavy atom. The summed E-state index contributed by atoms with van der Waals surface area (Å²) in [6.45, 7) is 4.32. The lowest BCUT2D eigenvalue weighted by atomic mass is 9.95. The van der Waals surface area contributed by atoms with Crippen molar-refractivity contribution in [3.05, 3.63) is 35.4 Å². The van der Waals surface area contributed by atoms with Gasteiger partial charge in [0.15, 0.2) is 0 Å². The second-order valence-electron chi connectivity index (χ2n) is 5.16. The highest BCUT2D eigenvalue weighted by Crippen LogP contribution is 2.21. The highest BCUT2D eigenvalue weighted by molar-refractivity contribution is 8.05. The zero-order valence-corrected chi connectivity index (χ0v) is 13.5. The van der Waals surface area contributed by atoms with Crippen molar-refractivity contribution in [1.29, 1.82) is 10.8 Å². The van der Waals surface area contributed by atoms with Crippen molar-refractivity contribution in [3.63, 3.8) is 0 Å². The van der Waals surface area contributed by atoms with Crippen LogP contribution in [0.5, 0.6) is 0 Å². The van der Waals surface area contributed by atoms with E-state index in [4.69, 9.17) is 15.6 Å². The molecule has 0 heterocycles. The first-order valence-electron chi connectivity index (χ1n) is 6.91. The van der Waals surface area contributed by atoms with Crippen LogP contribution in [0.2, 0.25) is 0 Å². The van der Waals surface area contributed by atoms with Crippen LogP contribution in [-0.2, 0) is 14.6 Å². The molecule has 0 saturated heterocycles. The fourth-order valence-corrected chi connectivity index (χ4v) is 2.10. The van der Waals surface area contributed by atoms with Crippen molar-refractivity contribution in [2.24, 2.45) is 0 Å². The normalized spacial score (nSPS) is 12.7. The van der Waals surface area contributed by atoms with E-state index in [0.717, 1.165) is 19.1 Å². The molecule has 21 heavy (non-hydrogen) atoms. The van der Waals surface area contributed by atoms with Crippen LogP contribution in [0.25, 0.3) is 0 Å². The number of hydrogen-bond acceptors (Lipinski definition) is 5. The van der Waals surface area contributed by atoms with Crippen LogP contribution in [0.4, 0.5) is 0 Å². The minimum atomic E-state index is -3.72. The summed E-state index contributed by atoms with van der Waals surface area (Å²) in [6.07, 6.45) is 4.32. The van der Waals surface area contributed by atoms with E-state index in [1.165, 1.54) is 12.0 Å². The molecule has 1 aromatic rings. The van der Waals surface area contributed by atoms with E-state index < -0.39 is 15.1 Å². The van der Waals surface area contributed by atoms with Gasteiger partial charge >= 0.3 is 5.23 Å². The third-order valence-corrected chi connectivity index (χ3v) is 4.02. The zero-order valence-electron chi connectivity index (χ0n) is 12.6.